The number of benzene rings is 2. The number of para-hydroxylation sites is 1. The standard InChI is InChI=1S/C14H11N3O2/c1-10(18)19-13-9-5-8-12-14(13)16-17(15-12)11-6-3-2-4-7-11/h2-9H,1H3. The van der Waals surface area contributed by atoms with Gasteiger partial charge < -0.3 is 4.74 Å². The Hall–Kier alpha value is -2.69. The predicted octanol–water partition coefficient (Wildman–Crippen LogP) is 2.35. The molecule has 3 rings (SSSR count). The highest BCUT2D eigenvalue weighted by Gasteiger charge is 2.10. The Bertz CT molecular complexity index is 735. The van der Waals surface area contributed by atoms with Crippen molar-refractivity contribution >= 4 is 17.0 Å². The van der Waals surface area contributed by atoms with Crippen molar-refractivity contribution in [3.05, 3.63) is 48.5 Å². The average Bonchev–Trinajstić information content (AvgIpc) is 2.84. The van der Waals surface area contributed by atoms with Crippen LogP contribution in [0.5, 0.6) is 5.75 Å². The summed E-state index contributed by atoms with van der Waals surface area (Å²) in [5, 5.41) is 8.73. The van der Waals surface area contributed by atoms with E-state index in [1.54, 1.807) is 12.1 Å². The Morgan fingerprint density at radius 1 is 1.05 bits per heavy atom. The summed E-state index contributed by atoms with van der Waals surface area (Å²) in [5.41, 5.74) is 2.11. The second-order valence-electron chi connectivity index (χ2n) is 4.04. The largest absolute Gasteiger partial charge is 0.424 e. The molecule has 0 unspecified atom stereocenters. The highest BCUT2D eigenvalue weighted by Crippen LogP contribution is 2.23. The van der Waals surface area contributed by atoms with Crippen LogP contribution in [0.4, 0.5) is 0 Å². The van der Waals surface area contributed by atoms with Gasteiger partial charge in [-0.3, -0.25) is 4.79 Å². The maximum atomic E-state index is 11.1. The monoisotopic (exact) mass is 253 g/mol. The van der Waals surface area contributed by atoms with Crippen molar-refractivity contribution in [3.8, 4) is 11.4 Å². The van der Waals surface area contributed by atoms with Crippen LogP contribution in [0.3, 0.4) is 0 Å². The second-order valence-corrected chi connectivity index (χ2v) is 4.04. The number of carbonyl (C=O) groups excluding carboxylic acids is 1. The van der Waals surface area contributed by atoms with E-state index in [2.05, 4.69) is 10.2 Å². The van der Waals surface area contributed by atoms with Gasteiger partial charge in [0.05, 0.1) is 5.69 Å². The highest BCUT2D eigenvalue weighted by atomic mass is 16.5. The molecule has 0 atom stereocenters. The molecule has 0 fully saturated rings. The molecule has 19 heavy (non-hydrogen) atoms. The first-order valence-corrected chi connectivity index (χ1v) is 5.84. The van der Waals surface area contributed by atoms with Crippen molar-refractivity contribution in [1.29, 1.82) is 0 Å². The lowest BCUT2D eigenvalue weighted by Gasteiger charge is -1.99. The molecule has 0 saturated heterocycles. The van der Waals surface area contributed by atoms with Gasteiger partial charge in [0, 0.05) is 6.92 Å². The van der Waals surface area contributed by atoms with Crippen molar-refractivity contribution in [1.82, 2.24) is 15.0 Å². The Morgan fingerprint density at radius 3 is 2.58 bits per heavy atom. The van der Waals surface area contributed by atoms with Gasteiger partial charge in [0.15, 0.2) is 11.3 Å². The lowest BCUT2D eigenvalue weighted by molar-refractivity contribution is -0.131. The minimum Gasteiger partial charge on any atom is -0.424 e. The van der Waals surface area contributed by atoms with Crippen LogP contribution in [0, 0.1) is 0 Å². The van der Waals surface area contributed by atoms with E-state index in [0.29, 0.717) is 16.8 Å². The Morgan fingerprint density at radius 2 is 1.84 bits per heavy atom. The molecule has 0 aliphatic heterocycles. The normalized spacial score (nSPS) is 10.6. The zero-order valence-electron chi connectivity index (χ0n) is 10.3. The van der Waals surface area contributed by atoms with Crippen LogP contribution < -0.4 is 4.74 Å². The van der Waals surface area contributed by atoms with Gasteiger partial charge in [-0.2, -0.15) is 4.80 Å². The number of ether oxygens (including phenoxy) is 1. The highest BCUT2D eigenvalue weighted by molar-refractivity contribution is 5.83. The Kier molecular flexibility index (Phi) is 2.72. The van der Waals surface area contributed by atoms with Crippen LogP contribution in [0.2, 0.25) is 0 Å². The quantitative estimate of drug-likeness (QED) is 0.519. The van der Waals surface area contributed by atoms with Crippen LogP contribution in [-0.2, 0) is 4.79 Å². The number of rotatable bonds is 2. The van der Waals surface area contributed by atoms with Crippen molar-refractivity contribution in [2.45, 2.75) is 6.92 Å². The van der Waals surface area contributed by atoms with E-state index in [9.17, 15) is 4.79 Å². The van der Waals surface area contributed by atoms with Crippen molar-refractivity contribution in [3.63, 3.8) is 0 Å². The Balaban J connectivity index is 2.13. The van der Waals surface area contributed by atoms with Gasteiger partial charge in [-0.25, -0.2) is 0 Å². The fraction of sp³-hybridized carbons (Fsp3) is 0.0714. The van der Waals surface area contributed by atoms with Crippen LogP contribution >= 0.6 is 0 Å². The third kappa shape index (κ3) is 2.18. The molecule has 0 aliphatic carbocycles. The van der Waals surface area contributed by atoms with E-state index in [1.165, 1.54) is 11.7 Å². The SMILES string of the molecule is CC(=O)Oc1cccc2nn(-c3ccccc3)nc12. The van der Waals surface area contributed by atoms with Gasteiger partial charge in [0.1, 0.15) is 5.52 Å². The second kappa shape index (κ2) is 4.53. The zero-order valence-corrected chi connectivity index (χ0v) is 10.3. The molecule has 0 aliphatic rings. The van der Waals surface area contributed by atoms with Crippen molar-refractivity contribution in [2.24, 2.45) is 0 Å². The summed E-state index contributed by atoms with van der Waals surface area (Å²) in [6.07, 6.45) is 0. The zero-order chi connectivity index (χ0) is 13.2. The van der Waals surface area contributed by atoms with E-state index in [0.717, 1.165) is 5.69 Å². The number of hydrogen-bond acceptors (Lipinski definition) is 4. The topological polar surface area (TPSA) is 57.0 Å². The lowest BCUT2D eigenvalue weighted by Crippen LogP contribution is -2.02. The van der Waals surface area contributed by atoms with Gasteiger partial charge in [0.25, 0.3) is 0 Å². The number of aromatic nitrogens is 3. The fourth-order valence-corrected chi connectivity index (χ4v) is 1.83. The summed E-state index contributed by atoms with van der Waals surface area (Å²) in [6, 6.07) is 14.9. The molecule has 1 aromatic heterocycles. The van der Waals surface area contributed by atoms with E-state index >= 15 is 0 Å². The molecule has 0 radical (unpaired) electrons. The summed E-state index contributed by atoms with van der Waals surface area (Å²) in [4.78, 5) is 12.6. The molecular weight excluding hydrogens is 242 g/mol. The lowest BCUT2D eigenvalue weighted by atomic mass is 10.3. The van der Waals surface area contributed by atoms with Crippen molar-refractivity contribution < 1.29 is 9.53 Å². The minimum atomic E-state index is -0.373. The number of nitrogens with zero attached hydrogens (tertiary/aromatic N) is 3. The average molecular weight is 253 g/mol. The maximum Gasteiger partial charge on any atom is 0.308 e. The molecule has 2 aromatic carbocycles. The summed E-state index contributed by atoms with van der Waals surface area (Å²) in [6.45, 7) is 1.36. The summed E-state index contributed by atoms with van der Waals surface area (Å²) < 4.78 is 5.12. The smallest absolute Gasteiger partial charge is 0.308 e. The summed E-state index contributed by atoms with van der Waals surface area (Å²) in [5.74, 6) is 0.0499. The van der Waals surface area contributed by atoms with E-state index < -0.39 is 0 Å². The number of hydrogen-bond donors (Lipinski definition) is 0. The van der Waals surface area contributed by atoms with Crippen LogP contribution in [0.25, 0.3) is 16.7 Å². The predicted molar refractivity (Wildman–Crippen MR) is 70.2 cm³/mol. The van der Waals surface area contributed by atoms with Gasteiger partial charge in [-0.15, -0.1) is 10.2 Å². The number of fused-ring (bicyclic) bond motifs is 1. The molecule has 5 heteroatoms. The molecule has 0 amide bonds. The van der Waals surface area contributed by atoms with Gasteiger partial charge >= 0.3 is 5.97 Å². The van der Waals surface area contributed by atoms with Crippen LogP contribution in [0.15, 0.2) is 48.5 Å². The fourth-order valence-electron chi connectivity index (χ4n) is 1.83. The molecule has 0 spiro atoms. The van der Waals surface area contributed by atoms with E-state index in [4.69, 9.17) is 4.74 Å². The van der Waals surface area contributed by atoms with Gasteiger partial charge in [-0.1, -0.05) is 24.3 Å². The van der Waals surface area contributed by atoms with Crippen LogP contribution in [-0.4, -0.2) is 21.0 Å². The molecule has 5 nitrogen and oxygen atoms in total. The minimum absolute atomic E-state index is 0.373. The molecule has 1 heterocycles. The molecule has 94 valence electrons. The maximum absolute atomic E-state index is 11.1. The third-order valence-corrected chi connectivity index (χ3v) is 2.62. The molecular formula is C14H11N3O2. The first-order chi connectivity index (χ1) is 9.24. The first-order valence-electron chi connectivity index (χ1n) is 5.84. The summed E-state index contributed by atoms with van der Waals surface area (Å²) in [7, 11) is 0. The molecule has 3 aromatic rings. The number of carbonyl (C=O) groups is 1. The first kappa shape index (κ1) is 11.4. The molecule has 0 saturated carbocycles. The van der Waals surface area contributed by atoms with Gasteiger partial charge in [-0.05, 0) is 24.3 Å². The van der Waals surface area contributed by atoms with Crippen LogP contribution in [0.1, 0.15) is 6.92 Å². The van der Waals surface area contributed by atoms with Crippen molar-refractivity contribution in [2.75, 3.05) is 0 Å². The molecule has 0 N–H and O–H groups in total. The Labute approximate surface area is 109 Å². The third-order valence-electron chi connectivity index (χ3n) is 2.62. The summed E-state index contributed by atoms with van der Waals surface area (Å²) >= 11 is 0. The van der Waals surface area contributed by atoms with E-state index in [1.807, 2.05) is 36.4 Å². The van der Waals surface area contributed by atoms with E-state index in [-0.39, 0.29) is 5.97 Å². The van der Waals surface area contributed by atoms with Gasteiger partial charge in [0.2, 0.25) is 0 Å². The number of esters is 1. The molecule has 0 bridgehead atoms.